The van der Waals surface area contributed by atoms with E-state index in [0.29, 0.717) is 17.7 Å². The number of H-pyrrole nitrogens is 1. The number of nitrogens with zero attached hydrogens (tertiary/aromatic N) is 7. The van der Waals surface area contributed by atoms with E-state index in [1.165, 1.54) is 0 Å². The van der Waals surface area contributed by atoms with E-state index < -0.39 is 0 Å². The van der Waals surface area contributed by atoms with Gasteiger partial charge in [0.25, 0.3) is 5.91 Å². The molecule has 0 saturated carbocycles. The van der Waals surface area contributed by atoms with E-state index >= 15 is 0 Å². The molecule has 0 spiro atoms. The minimum atomic E-state index is -0.254. The Morgan fingerprint density at radius 2 is 2.05 bits per heavy atom. The maximum absolute atomic E-state index is 13.2. The second-order valence-electron chi connectivity index (χ2n) is 11.4. The van der Waals surface area contributed by atoms with Crippen LogP contribution in [0, 0.1) is 6.92 Å². The number of amides is 1. The molecule has 0 radical (unpaired) electrons. The van der Waals surface area contributed by atoms with Crippen LogP contribution in [-0.4, -0.2) is 71.8 Å². The Kier molecular flexibility index (Phi) is 6.80. The third-order valence-corrected chi connectivity index (χ3v) is 7.48. The maximum Gasteiger partial charge on any atom is 0.273 e. The quantitative estimate of drug-likeness (QED) is 0.335. The van der Waals surface area contributed by atoms with E-state index in [1.54, 1.807) is 23.3 Å². The second-order valence-corrected chi connectivity index (χ2v) is 11.4. The normalized spacial score (nSPS) is 18.1. The van der Waals surface area contributed by atoms with Crippen molar-refractivity contribution in [2.45, 2.75) is 58.3 Å². The molecule has 0 unspecified atom stereocenters. The van der Waals surface area contributed by atoms with Crippen LogP contribution in [0.15, 0.2) is 42.9 Å². The fourth-order valence-electron chi connectivity index (χ4n) is 4.99. The zero-order valence-corrected chi connectivity index (χ0v) is 23.2. The summed E-state index contributed by atoms with van der Waals surface area (Å²) in [6.07, 6.45) is 5.95. The maximum atomic E-state index is 13.2. The Hall–Kier alpha value is -4.16. The lowest BCUT2D eigenvalue weighted by atomic mass is 9.96. The molecule has 0 bridgehead atoms. The summed E-state index contributed by atoms with van der Waals surface area (Å²) in [4.78, 5) is 24.8. The lowest BCUT2D eigenvalue weighted by Gasteiger charge is -2.36. The summed E-state index contributed by atoms with van der Waals surface area (Å²) in [5.74, 6) is 0.274. The number of aromatic amines is 1. The molecule has 40 heavy (non-hydrogen) atoms. The molecular formula is C28H34N10O2. The number of benzene rings is 1. The first-order valence-corrected chi connectivity index (χ1v) is 13.5. The van der Waals surface area contributed by atoms with Gasteiger partial charge < -0.3 is 15.4 Å². The number of fused-ring (bicyclic) bond motifs is 1. The Morgan fingerprint density at radius 3 is 2.75 bits per heavy atom. The molecule has 1 saturated heterocycles. The van der Waals surface area contributed by atoms with Crippen LogP contribution in [0.25, 0.3) is 11.3 Å². The Bertz CT molecular complexity index is 1520. The molecule has 2 aliphatic rings. The smallest absolute Gasteiger partial charge is 0.273 e. The highest BCUT2D eigenvalue weighted by molar-refractivity contribution is 5.92. The van der Waals surface area contributed by atoms with Gasteiger partial charge in [0, 0.05) is 24.8 Å². The van der Waals surface area contributed by atoms with Crippen LogP contribution in [0.1, 0.15) is 60.5 Å². The van der Waals surface area contributed by atoms with Gasteiger partial charge in [-0.3, -0.25) is 14.8 Å². The highest BCUT2D eigenvalue weighted by Crippen LogP contribution is 2.32. The lowest BCUT2D eigenvalue weighted by molar-refractivity contribution is -0.0678. The summed E-state index contributed by atoms with van der Waals surface area (Å²) in [7, 11) is 0. The van der Waals surface area contributed by atoms with Crippen LogP contribution in [0.5, 0.6) is 0 Å². The number of carbonyl (C=O) groups excluding carboxylic acids is 1. The first-order valence-electron chi connectivity index (χ1n) is 13.5. The van der Waals surface area contributed by atoms with Crippen LogP contribution < -0.4 is 10.6 Å². The van der Waals surface area contributed by atoms with Gasteiger partial charge in [-0.25, -0.2) is 14.6 Å². The van der Waals surface area contributed by atoms with Gasteiger partial charge in [0.1, 0.15) is 0 Å². The SMILES string of the molecule is Cc1[nH]ncc1Nc1nccc(-c2ccc3c(c2)CN(C2COC2)CC[C@H]3NC(=O)c2cn(C(C)(C)C)nn2)n1. The molecule has 1 atom stereocenters. The highest BCUT2D eigenvalue weighted by atomic mass is 16.5. The number of rotatable bonds is 6. The number of ether oxygens (including phenoxy) is 1. The van der Waals surface area contributed by atoms with Crippen molar-refractivity contribution in [2.24, 2.45) is 0 Å². The van der Waals surface area contributed by atoms with E-state index in [-0.39, 0.29) is 17.5 Å². The number of nitrogens with one attached hydrogen (secondary N) is 3. The topological polar surface area (TPSA) is 139 Å². The standard InChI is InChI=1S/C28H34N10O2/c1-17-24(12-30-34-17)33-27-29-9-7-22(32-27)18-5-6-21-19(11-18)13-37(20-15-40-16-20)10-8-23(21)31-26(39)25-14-38(36-35-25)28(2,3)4/h5-7,9,11-12,14,20,23H,8,10,13,15-16H2,1-4H3,(H,30,34)(H,31,39)(H,29,32,33)/t23-/m1/s1. The van der Waals surface area contributed by atoms with Crippen molar-refractivity contribution in [2.75, 3.05) is 25.1 Å². The van der Waals surface area contributed by atoms with Crippen molar-refractivity contribution in [3.8, 4) is 11.3 Å². The van der Waals surface area contributed by atoms with E-state index in [0.717, 1.165) is 66.5 Å². The van der Waals surface area contributed by atoms with Gasteiger partial charge in [0.05, 0.1) is 60.3 Å². The highest BCUT2D eigenvalue weighted by Gasteiger charge is 2.32. The van der Waals surface area contributed by atoms with Crippen LogP contribution >= 0.6 is 0 Å². The first-order chi connectivity index (χ1) is 19.2. The van der Waals surface area contributed by atoms with Gasteiger partial charge in [-0.1, -0.05) is 17.3 Å². The molecule has 6 rings (SSSR count). The van der Waals surface area contributed by atoms with Crippen molar-refractivity contribution in [3.05, 3.63) is 65.4 Å². The summed E-state index contributed by atoms with van der Waals surface area (Å²) in [5.41, 5.74) is 5.85. The molecule has 1 aromatic carbocycles. The summed E-state index contributed by atoms with van der Waals surface area (Å²) in [6, 6.07) is 8.47. The minimum absolute atomic E-state index is 0.158. The average molecular weight is 543 g/mol. The van der Waals surface area contributed by atoms with Crippen LogP contribution in [-0.2, 0) is 16.8 Å². The number of hydrogen-bond acceptors (Lipinski definition) is 9. The van der Waals surface area contributed by atoms with Gasteiger partial charge in [0.15, 0.2) is 5.69 Å². The minimum Gasteiger partial charge on any atom is -0.378 e. The van der Waals surface area contributed by atoms with Crippen molar-refractivity contribution < 1.29 is 9.53 Å². The van der Waals surface area contributed by atoms with Gasteiger partial charge in [-0.15, -0.1) is 5.10 Å². The molecule has 1 fully saturated rings. The summed E-state index contributed by atoms with van der Waals surface area (Å²) < 4.78 is 7.21. The van der Waals surface area contributed by atoms with Gasteiger partial charge in [0.2, 0.25) is 5.95 Å². The molecule has 4 aromatic rings. The number of hydrogen-bond donors (Lipinski definition) is 3. The van der Waals surface area contributed by atoms with Crippen molar-refractivity contribution in [1.82, 2.24) is 45.4 Å². The zero-order valence-electron chi connectivity index (χ0n) is 23.2. The van der Waals surface area contributed by atoms with Crippen LogP contribution in [0.3, 0.4) is 0 Å². The Morgan fingerprint density at radius 1 is 1.20 bits per heavy atom. The van der Waals surface area contributed by atoms with Crippen LogP contribution in [0.2, 0.25) is 0 Å². The Labute approximate surface area is 232 Å². The van der Waals surface area contributed by atoms with Crippen LogP contribution in [0.4, 0.5) is 11.6 Å². The molecule has 2 aliphatic heterocycles. The monoisotopic (exact) mass is 542 g/mol. The third kappa shape index (κ3) is 5.32. The number of carbonyl (C=O) groups is 1. The van der Waals surface area contributed by atoms with E-state index in [2.05, 4.69) is 59.2 Å². The molecule has 5 heterocycles. The Balaban J connectivity index is 1.28. The molecule has 3 aromatic heterocycles. The lowest BCUT2D eigenvalue weighted by Crippen LogP contribution is -2.48. The van der Waals surface area contributed by atoms with E-state index in [4.69, 9.17) is 9.72 Å². The van der Waals surface area contributed by atoms with Gasteiger partial charge >= 0.3 is 0 Å². The number of anilines is 2. The molecule has 3 N–H and O–H groups in total. The molecule has 12 nitrogen and oxygen atoms in total. The van der Waals surface area contributed by atoms with Crippen molar-refractivity contribution in [3.63, 3.8) is 0 Å². The molecule has 208 valence electrons. The largest absolute Gasteiger partial charge is 0.378 e. The van der Waals surface area contributed by atoms with Gasteiger partial charge in [-0.05, 0) is 57.4 Å². The fourth-order valence-corrected chi connectivity index (χ4v) is 4.99. The predicted molar refractivity (Wildman–Crippen MR) is 149 cm³/mol. The number of aryl methyl sites for hydroxylation is 1. The van der Waals surface area contributed by atoms with E-state index in [9.17, 15) is 4.79 Å². The molecule has 0 aliphatic carbocycles. The predicted octanol–water partition coefficient (Wildman–Crippen LogP) is 3.34. The van der Waals surface area contributed by atoms with Crippen molar-refractivity contribution >= 4 is 17.5 Å². The summed E-state index contributed by atoms with van der Waals surface area (Å²) >= 11 is 0. The zero-order chi connectivity index (χ0) is 27.9. The molecular weight excluding hydrogens is 508 g/mol. The molecule has 1 amide bonds. The third-order valence-electron chi connectivity index (χ3n) is 7.48. The average Bonchev–Trinajstić information content (AvgIpc) is 3.51. The summed E-state index contributed by atoms with van der Waals surface area (Å²) in [5, 5.41) is 21.7. The van der Waals surface area contributed by atoms with E-state index in [1.807, 2.05) is 33.8 Å². The molecule has 12 heteroatoms. The van der Waals surface area contributed by atoms with Gasteiger partial charge in [-0.2, -0.15) is 5.10 Å². The fraction of sp³-hybridized carbons (Fsp3) is 0.429. The first kappa shape index (κ1) is 26.1. The number of aromatic nitrogens is 7. The summed E-state index contributed by atoms with van der Waals surface area (Å²) in [6.45, 7) is 11.1. The van der Waals surface area contributed by atoms with Crippen molar-refractivity contribution in [1.29, 1.82) is 0 Å². The second kappa shape index (κ2) is 10.4.